The monoisotopic (exact) mass is 539 g/mol. The normalized spacial score (nSPS) is 11.3. The predicted molar refractivity (Wildman–Crippen MR) is 172 cm³/mol. The third kappa shape index (κ3) is 3.99. The van der Waals surface area contributed by atoms with Gasteiger partial charge in [-0.05, 0) is 72.1 Å². The summed E-state index contributed by atoms with van der Waals surface area (Å²) in [6.45, 7) is 0. The molecule has 0 amide bonds. The van der Waals surface area contributed by atoms with Crippen LogP contribution in [0.5, 0.6) is 0 Å². The van der Waals surface area contributed by atoms with Gasteiger partial charge in [-0.2, -0.15) is 0 Å². The molecule has 0 radical (unpaired) electrons. The second-order valence-corrected chi connectivity index (χ2v) is 10.2. The summed E-state index contributed by atoms with van der Waals surface area (Å²) in [6.07, 6.45) is 3.65. The van der Waals surface area contributed by atoms with Gasteiger partial charge in [0.2, 0.25) is 0 Å². The molecule has 0 bridgehead atoms. The molecule has 0 unspecified atom stereocenters. The maximum absolute atomic E-state index is 5.06. The minimum absolute atomic E-state index is 0.802. The molecular weight excluding hydrogens is 514 g/mol. The van der Waals surface area contributed by atoms with Gasteiger partial charge in [-0.3, -0.25) is 9.55 Å². The summed E-state index contributed by atoms with van der Waals surface area (Å²) in [5.74, 6) is 0.824. The van der Waals surface area contributed by atoms with Gasteiger partial charge in [-0.25, -0.2) is 9.97 Å². The summed E-state index contributed by atoms with van der Waals surface area (Å²) in [6, 6.07) is 48.3. The first kappa shape index (κ1) is 24.0. The molecule has 5 nitrogen and oxygen atoms in total. The van der Waals surface area contributed by atoms with Gasteiger partial charge in [0.05, 0.1) is 16.9 Å². The molecule has 8 aromatic rings. The van der Waals surface area contributed by atoms with Crippen LogP contribution >= 0.6 is 0 Å². The molecule has 42 heavy (non-hydrogen) atoms. The molecule has 0 saturated heterocycles. The highest BCUT2D eigenvalue weighted by molar-refractivity contribution is 5.99. The van der Waals surface area contributed by atoms with E-state index in [0.29, 0.717) is 0 Å². The largest absolute Gasteiger partial charge is 0.310 e. The second-order valence-electron chi connectivity index (χ2n) is 10.2. The van der Waals surface area contributed by atoms with Gasteiger partial charge in [0.1, 0.15) is 11.3 Å². The molecule has 5 heteroatoms. The van der Waals surface area contributed by atoms with E-state index in [9.17, 15) is 0 Å². The van der Waals surface area contributed by atoms with E-state index in [1.165, 1.54) is 10.8 Å². The predicted octanol–water partition coefficient (Wildman–Crippen LogP) is 9.26. The number of nitrogens with zero attached hydrogens (tertiary/aromatic N) is 5. The van der Waals surface area contributed by atoms with E-state index in [1.54, 1.807) is 0 Å². The van der Waals surface area contributed by atoms with Crippen molar-refractivity contribution in [3.05, 3.63) is 152 Å². The van der Waals surface area contributed by atoms with E-state index >= 15 is 0 Å². The number of hydrogen-bond acceptors (Lipinski definition) is 4. The number of aromatic nitrogens is 4. The lowest BCUT2D eigenvalue weighted by atomic mass is 10.1. The summed E-state index contributed by atoms with van der Waals surface area (Å²) in [4.78, 5) is 16.8. The Kier molecular flexibility index (Phi) is 5.71. The van der Waals surface area contributed by atoms with E-state index in [0.717, 1.165) is 56.2 Å². The number of rotatable bonds is 5. The maximum atomic E-state index is 5.06. The molecule has 0 aliphatic rings. The zero-order valence-corrected chi connectivity index (χ0v) is 22.7. The smallest absolute Gasteiger partial charge is 0.165 e. The van der Waals surface area contributed by atoms with Crippen LogP contribution in [0.25, 0.3) is 49.9 Å². The standard InChI is InChI=1S/C37H25N5/c1-2-14-29(15-3-1)41(33-18-6-11-26-10-4-5-16-31(26)33)30-22-20-28(21-23-30)36-40-32-17-9-25-39-37(32)42(36)34-19-7-12-27-13-8-24-38-35(27)34/h1-25H. The van der Waals surface area contributed by atoms with E-state index in [1.807, 2.05) is 30.6 Å². The van der Waals surface area contributed by atoms with Crippen LogP contribution < -0.4 is 4.90 Å². The van der Waals surface area contributed by atoms with Gasteiger partial charge in [0.25, 0.3) is 0 Å². The molecule has 5 aromatic carbocycles. The molecule has 0 N–H and O–H groups in total. The summed E-state index contributed by atoms with van der Waals surface area (Å²) >= 11 is 0. The van der Waals surface area contributed by atoms with Crippen molar-refractivity contribution < 1.29 is 0 Å². The van der Waals surface area contributed by atoms with Crippen molar-refractivity contribution in [3.63, 3.8) is 0 Å². The van der Waals surface area contributed by atoms with Gasteiger partial charge < -0.3 is 4.90 Å². The quantitative estimate of drug-likeness (QED) is 0.219. The van der Waals surface area contributed by atoms with Gasteiger partial charge >= 0.3 is 0 Å². The Morgan fingerprint density at radius 2 is 1.21 bits per heavy atom. The van der Waals surface area contributed by atoms with Crippen molar-refractivity contribution in [1.82, 2.24) is 19.5 Å². The maximum Gasteiger partial charge on any atom is 0.165 e. The van der Waals surface area contributed by atoms with Crippen LogP contribution in [0.3, 0.4) is 0 Å². The fourth-order valence-corrected chi connectivity index (χ4v) is 5.77. The number of anilines is 3. The van der Waals surface area contributed by atoms with Gasteiger partial charge in [0.15, 0.2) is 5.65 Å². The molecule has 0 fully saturated rings. The van der Waals surface area contributed by atoms with E-state index < -0.39 is 0 Å². The van der Waals surface area contributed by atoms with Crippen LogP contribution in [0.4, 0.5) is 17.1 Å². The lowest BCUT2D eigenvalue weighted by Crippen LogP contribution is -2.10. The first-order chi connectivity index (χ1) is 20.8. The number of hydrogen-bond donors (Lipinski definition) is 0. The lowest BCUT2D eigenvalue weighted by Gasteiger charge is -2.27. The lowest BCUT2D eigenvalue weighted by molar-refractivity contribution is 1.08. The third-order valence-corrected chi connectivity index (χ3v) is 7.67. The Morgan fingerprint density at radius 3 is 2.12 bits per heavy atom. The van der Waals surface area contributed by atoms with Crippen LogP contribution in [0.2, 0.25) is 0 Å². The number of fused-ring (bicyclic) bond motifs is 3. The summed E-state index contributed by atoms with van der Waals surface area (Å²) < 4.78 is 2.12. The Hall–Kier alpha value is -5.81. The van der Waals surface area contributed by atoms with Crippen molar-refractivity contribution in [2.45, 2.75) is 0 Å². The average Bonchev–Trinajstić information content (AvgIpc) is 3.45. The van der Waals surface area contributed by atoms with Crippen molar-refractivity contribution in [2.75, 3.05) is 4.90 Å². The SMILES string of the molecule is c1ccc(N(c2ccc(-c3nc4cccnc4n3-c3cccc4cccnc34)cc2)c2cccc3ccccc23)cc1. The molecule has 198 valence electrons. The summed E-state index contributed by atoms with van der Waals surface area (Å²) in [7, 11) is 0. The number of benzene rings is 5. The van der Waals surface area contributed by atoms with E-state index in [-0.39, 0.29) is 0 Å². The Labute approximate surface area is 243 Å². The first-order valence-electron chi connectivity index (χ1n) is 14.0. The van der Waals surface area contributed by atoms with Gasteiger partial charge in [-0.1, -0.05) is 72.8 Å². The Morgan fingerprint density at radius 1 is 0.524 bits per heavy atom. The highest BCUT2D eigenvalue weighted by Crippen LogP contribution is 2.39. The minimum Gasteiger partial charge on any atom is -0.310 e. The molecule has 0 spiro atoms. The molecule has 3 aromatic heterocycles. The van der Waals surface area contributed by atoms with Crippen LogP contribution in [0.1, 0.15) is 0 Å². The first-order valence-corrected chi connectivity index (χ1v) is 14.0. The topological polar surface area (TPSA) is 46.8 Å². The zero-order valence-electron chi connectivity index (χ0n) is 22.7. The highest BCUT2D eigenvalue weighted by Gasteiger charge is 2.19. The Bertz CT molecular complexity index is 2190. The molecule has 0 atom stereocenters. The second kappa shape index (κ2) is 9.98. The fraction of sp³-hybridized carbons (Fsp3) is 0. The Balaban J connectivity index is 1.30. The summed E-state index contributed by atoms with van der Waals surface area (Å²) in [5.41, 5.74) is 7.79. The molecule has 3 heterocycles. The molecular formula is C37H25N5. The van der Waals surface area contributed by atoms with Gasteiger partial charge in [0, 0.05) is 40.1 Å². The van der Waals surface area contributed by atoms with Crippen molar-refractivity contribution in [2.24, 2.45) is 0 Å². The average molecular weight is 540 g/mol. The minimum atomic E-state index is 0.802. The number of pyridine rings is 2. The third-order valence-electron chi connectivity index (χ3n) is 7.67. The van der Waals surface area contributed by atoms with Crippen molar-refractivity contribution in [1.29, 1.82) is 0 Å². The van der Waals surface area contributed by atoms with Crippen LogP contribution in [0, 0.1) is 0 Å². The summed E-state index contributed by atoms with van der Waals surface area (Å²) in [5, 5.41) is 3.48. The van der Waals surface area contributed by atoms with Crippen LogP contribution in [0.15, 0.2) is 152 Å². The molecule has 0 aliphatic heterocycles. The van der Waals surface area contributed by atoms with Gasteiger partial charge in [-0.15, -0.1) is 0 Å². The van der Waals surface area contributed by atoms with E-state index in [2.05, 4.69) is 131 Å². The molecule has 0 saturated carbocycles. The van der Waals surface area contributed by atoms with Crippen LogP contribution in [-0.4, -0.2) is 19.5 Å². The zero-order chi connectivity index (χ0) is 27.9. The number of imidazole rings is 1. The van der Waals surface area contributed by atoms with Crippen molar-refractivity contribution in [3.8, 4) is 17.1 Å². The van der Waals surface area contributed by atoms with Crippen LogP contribution in [-0.2, 0) is 0 Å². The van der Waals surface area contributed by atoms with Crippen molar-refractivity contribution >= 4 is 49.9 Å². The molecule has 8 rings (SSSR count). The highest BCUT2D eigenvalue weighted by atomic mass is 15.2. The van der Waals surface area contributed by atoms with E-state index in [4.69, 9.17) is 15.0 Å². The molecule has 0 aliphatic carbocycles. The fourth-order valence-electron chi connectivity index (χ4n) is 5.77. The number of para-hydroxylation sites is 2.